The van der Waals surface area contributed by atoms with Gasteiger partial charge in [0, 0.05) is 25.1 Å². The van der Waals surface area contributed by atoms with Crippen molar-refractivity contribution in [2.75, 3.05) is 13.2 Å². The van der Waals surface area contributed by atoms with Gasteiger partial charge in [-0.2, -0.15) is 5.26 Å². The number of nitrogens with one attached hydrogen (secondary N) is 1. The van der Waals surface area contributed by atoms with Gasteiger partial charge in [-0.05, 0) is 50.8 Å². The predicted molar refractivity (Wildman–Crippen MR) is 118 cm³/mol. The molecule has 1 N–H and O–H groups in total. The fourth-order valence-corrected chi connectivity index (χ4v) is 3.76. The molecule has 1 amide bonds. The number of hydrogen-bond acceptors (Lipinski definition) is 5. The van der Waals surface area contributed by atoms with Crippen LogP contribution in [0.1, 0.15) is 48.2 Å². The molecule has 7 heteroatoms. The number of rotatable bonds is 9. The summed E-state index contributed by atoms with van der Waals surface area (Å²) in [4.78, 5) is 41.9. The molecule has 0 radical (unpaired) electrons. The standard InChI is InChI=1S/C24H29N3O4/c1-5-27(21(24(30)31-6-2)14-18-10-8-7-9-11-18)22(28)13-12-19-16(3)20(15-25)23(29)26-17(19)4/h7-11,21H,5-6,12-14H2,1-4H3,(H,26,29)/t21-/m0/s1. The number of aromatic nitrogens is 1. The second-order valence-electron chi connectivity index (χ2n) is 7.31. The molecule has 2 rings (SSSR count). The Balaban J connectivity index is 2.25. The fraction of sp³-hybridized carbons (Fsp3) is 0.417. The fourth-order valence-electron chi connectivity index (χ4n) is 3.76. The number of pyridine rings is 1. The Hall–Kier alpha value is -3.40. The molecule has 164 valence electrons. The normalized spacial score (nSPS) is 11.5. The van der Waals surface area contributed by atoms with Crippen molar-refractivity contribution in [3.63, 3.8) is 0 Å². The first-order chi connectivity index (χ1) is 14.8. The predicted octanol–water partition coefficient (Wildman–Crippen LogP) is 2.82. The SMILES string of the molecule is CCOC(=O)[C@H](Cc1ccccc1)N(CC)C(=O)CCc1c(C)[nH]c(=O)c(C#N)c1C. The van der Waals surface area contributed by atoms with Crippen molar-refractivity contribution >= 4 is 11.9 Å². The summed E-state index contributed by atoms with van der Waals surface area (Å²) in [6.07, 6.45) is 0.880. The van der Waals surface area contributed by atoms with Crippen LogP contribution in [0.2, 0.25) is 0 Å². The highest BCUT2D eigenvalue weighted by atomic mass is 16.5. The van der Waals surface area contributed by atoms with Gasteiger partial charge in [0.05, 0.1) is 6.61 Å². The Morgan fingerprint density at radius 3 is 2.45 bits per heavy atom. The lowest BCUT2D eigenvalue weighted by Gasteiger charge is -2.29. The molecule has 2 aromatic rings. The smallest absolute Gasteiger partial charge is 0.329 e. The highest BCUT2D eigenvalue weighted by Gasteiger charge is 2.30. The number of esters is 1. The largest absolute Gasteiger partial charge is 0.464 e. The molecule has 0 aliphatic rings. The van der Waals surface area contributed by atoms with Crippen LogP contribution >= 0.6 is 0 Å². The summed E-state index contributed by atoms with van der Waals surface area (Å²) in [5.41, 5.74) is 2.59. The van der Waals surface area contributed by atoms with E-state index < -0.39 is 17.6 Å². The van der Waals surface area contributed by atoms with E-state index in [4.69, 9.17) is 4.74 Å². The monoisotopic (exact) mass is 423 g/mol. The van der Waals surface area contributed by atoms with Crippen LogP contribution < -0.4 is 5.56 Å². The van der Waals surface area contributed by atoms with E-state index in [1.165, 1.54) is 0 Å². The van der Waals surface area contributed by atoms with Gasteiger partial charge in [0.25, 0.3) is 5.56 Å². The molecule has 7 nitrogen and oxygen atoms in total. The van der Waals surface area contributed by atoms with Crippen LogP contribution in [0.5, 0.6) is 0 Å². The lowest BCUT2D eigenvalue weighted by Crippen LogP contribution is -2.47. The van der Waals surface area contributed by atoms with Crippen molar-refractivity contribution in [1.82, 2.24) is 9.88 Å². The molecule has 0 fully saturated rings. The molecule has 0 spiro atoms. The number of H-pyrrole nitrogens is 1. The minimum atomic E-state index is -0.715. The Bertz CT molecular complexity index is 1020. The van der Waals surface area contributed by atoms with Gasteiger partial charge in [0.2, 0.25) is 5.91 Å². The third-order valence-corrected chi connectivity index (χ3v) is 5.38. The molecule has 31 heavy (non-hydrogen) atoms. The second kappa shape index (κ2) is 11.1. The van der Waals surface area contributed by atoms with E-state index in [1.54, 1.807) is 25.7 Å². The van der Waals surface area contributed by atoms with Gasteiger partial charge in [-0.15, -0.1) is 0 Å². The van der Waals surface area contributed by atoms with Gasteiger partial charge in [0.15, 0.2) is 0 Å². The molecule has 1 atom stereocenters. The Morgan fingerprint density at radius 1 is 1.19 bits per heavy atom. The Labute approximate surface area is 182 Å². The molecule has 0 bridgehead atoms. The van der Waals surface area contributed by atoms with Gasteiger partial charge in [-0.3, -0.25) is 9.59 Å². The van der Waals surface area contributed by atoms with Crippen LogP contribution in [0.4, 0.5) is 0 Å². The number of hydrogen-bond donors (Lipinski definition) is 1. The van der Waals surface area contributed by atoms with Gasteiger partial charge in [-0.25, -0.2) is 4.79 Å². The number of aryl methyl sites for hydroxylation is 1. The highest BCUT2D eigenvalue weighted by Crippen LogP contribution is 2.18. The van der Waals surface area contributed by atoms with E-state index >= 15 is 0 Å². The lowest BCUT2D eigenvalue weighted by atomic mass is 9.98. The minimum Gasteiger partial charge on any atom is -0.464 e. The molecule has 0 saturated carbocycles. The average molecular weight is 424 g/mol. The molecule has 0 saturated heterocycles. The summed E-state index contributed by atoms with van der Waals surface area (Å²) in [6.45, 7) is 7.65. The second-order valence-corrected chi connectivity index (χ2v) is 7.31. The van der Waals surface area contributed by atoms with Crippen molar-refractivity contribution in [3.05, 3.63) is 68.6 Å². The quantitative estimate of drug-likeness (QED) is 0.625. The molecule has 1 heterocycles. The summed E-state index contributed by atoms with van der Waals surface area (Å²) in [5, 5.41) is 9.25. The number of benzene rings is 1. The minimum absolute atomic E-state index is 0.0638. The maximum absolute atomic E-state index is 13.1. The van der Waals surface area contributed by atoms with E-state index in [-0.39, 0.29) is 24.5 Å². The van der Waals surface area contributed by atoms with Crippen molar-refractivity contribution in [2.45, 2.75) is 53.0 Å². The number of carbonyl (C=O) groups is 2. The molecule has 0 aliphatic heterocycles. The number of nitrogens with zero attached hydrogens (tertiary/aromatic N) is 2. The van der Waals surface area contributed by atoms with Gasteiger partial charge in [-0.1, -0.05) is 30.3 Å². The number of nitriles is 1. The van der Waals surface area contributed by atoms with Gasteiger partial charge >= 0.3 is 5.97 Å². The van der Waals surface area contributed by atoms with Crippen molar-refractivity contribution in [1.29, 1.82) is 5.26 Å². The molecule has 0 aliphatic carbocycles. The van der Waals surface area contributed by atoms with Crippen LogP contribution in [-0.2, 0) is 27.2 Å². The maximum atomic E-state index is 13.1. The van der Waals surface area contributed by atoms with E-state index in [0.717, 1.165) is 11.1 Å². The number of ether oxygens (including phenoxy) is 1. The maximum Gasteiger partial charge on any atom is 0.329 e. The van der Waals surface area contributed by atoms with E-state index in [2.05, 4.69) is 4.98 Å². The average Bonchev–Trinajstić information content (AvgIpc) is 2.74. The zero-order valence-electron chi connectivity index (χ0n) is 18.5. The Kier molecular flexibility index (Phi) is 8.56. The first-order valence-corrected chi connectivity index (χ1v) is 10.5. The molecular formula is C24H29N3O4. The topological polar surface area (TPSA) is 103 Å². The van der Waals surface area contributed by atoms with Gasteiger partial charge in [0.1, 0.15) is 17.7 Å². The lowest BCUT2D eigenvalue weighted by molar-refractivity contribution is -0.154. The van der Waals surface area contributed by atoms with Crippen molar-refractivity contribution in [2.24, 2.45) is 0 Å². The van der Waals surface area contributed by atoms with Crippen molar-refractivity contribution in [3.8, 4) is 6.07 Å². The Morgan fingerprint density at radius 2 is 1.87 bits per heavy atom. The molecule has 1 aromatic carbocycles. The summed E-state index contributed by atoms with van der Waals surface area (Å²) in [5.74, 6) is -0.607. The van der Waals surface area contributed by atoms with E-state index in [1.807, 2.05) is 43.3 Å². The van der Waals surface area contributed by atoms with Crippen LogP contribution in [0.15, 0.2) is 35.1 Å². The number of likely N-dealkylation sites (N-methyl/N-ethyl adjacent to an activating group) is 1. The first-order valence-electron chi connectivity index (χ1n) is 10.5. The van der Waals surface area contributed by atoms with Crippen LogP contribution in [0, 0.1) is 25.2 Å². The van der Waals surface area contributed by atoms with Crippen LogP contribution in [0.3, 0.4) is 0 Å². The zero-order valence-corrected chi connectivity index (χ0v) is 18.5. The third kappa shape index (κ3) is 5.82. The number of carbonyl (C=O) groups excluding carboxylic acids is 2. The van der Waals surface area contributed by atoms with Crippen molar-refractivity contribution < 1.29 is 14.3 Å². The molecular weight excluding hydrogens is 394 g/mol. The summed E-state index contributed by atoms with van der Waals surface area (Å²) in [6, 6.07) is 10.7. The highest BCUT2D eigenvalue weighted by molar-refractivity contribution is 5.85. The van der Waals surface area contributed by atoms with Crippen LogP contribution in [-0.4, -0.2) is 41.0 Å². The summed E-state index contributed by atoms with van der Waals surface area (Å²) in [7, 11) is 0. The summed E-state index contributed by atoms with van der Waals surface area (Å²) >= 11 is 0. The molecule has 0 unspecified atom stereocenters. The first kappa shape index (κ1) is 23.9. The number of aromatic amines is 1. The summed E-state index contributed by atoms with van der Waals surface area (Å²) < 4.78 is 5.25. The number of amides is 1. The van der Waals surface area contributed by atoms with E-state index in [9.17, 15) is 19.6 Å². The third-order valence-electron chi connectivity index (χ3n) is 5.38. The van der Waals surface area contributed by atoms with Crippen LogP contribution in [0.25, 0.3) is 0 Å². The molecule has 1 aromatic heterocycles. The zero-order chi connectivity index (χ0) is 23.0. The van der Waals surface area contributed by atoms with Gasteiger partial charge < -0.3 is 14.6 Å². The van der Waals surface area contributed by atoms with E-state index in [0.29, 0.717) is 30.6 Å².